The standard InChI is InChI=1S/C26H30N2O5/c1-19(2)28(26(30)21-13-23(31-3)15-24(14-21)32-4)18-25(29)27(17-22-11-8-12-33-22)16-20-9-6-5-7-10-20/h5-15,19H,16-18H2,1-4H3. The molecule has 0 saturated heterocycles. The molecule has 0 radical (unpaired) electrons. The molecule has 3 aromatic rings. The third kappa shape index (κ3) is 6.38. The quantitative estimate of drug-likeness (QED) is 0.459. The summed E-state index contributed by atoms with van der Waals surface area (Å²) >= 11 is 0. The van der Waals surface area contributed by atoms with Gasteiger partial charge in [0.05, 0.1) is 27.0 Å². The summed E-state index contributed by atoms with van der Waals surface area (Å²) < 4.78 is 16.1. The van der Waals surface area contributed by atoms with Crippen molar-refractivity contribution >= 4 is 11.8 Å². The van der Waals surface area contributed by atoms with Gasteiger partial charge in [0.25, 0.3) is 5.91 Å². The highest BCUT2D eigenvalue weighted by atomic mass is 16.5. The average Bonchev–Trinajstić information content (AvgIpc) is 3.34. The van der Waals surface area contributed by atoms with Crippen molar-refractivity contribution in [2.45, 2.75) is 33.0 Å². The molecule has 0 spiro atoms. The van der Waals surface area contributed by atoms with Crippen LogP contribution in [0.2, 0.25) is 0 Å². The molecule has 33 heavy (non-hydrogen) atoms. The van der Waals surface area contributed by atoms with E-state index < -0.39 is 0 Å². The number of methoxy groups -OCH3 is 2. The number of amides is 2. The van der Waals surface area contributed by atoms with E-state index in [1.54, 1.807) is 40.3 Å². The molecule has 0 atom stereocenters. The van der Waals surface area contributed by atoms with E-state index >= 15 is 0 Å². The number of carbonyl (C=O) groups excluding carboxylic acids is 2. The van der Waals surface area contributed by atoms with Crippen LogP contribution >= 0.6 is 0 Å². The Kier molecular flexibility index (Phi) is 8.13. The monoisotopic (exact) mass is 450 g/mol. The first kappa shape index (κ1) is 23.9. The molecule has 1 heterocycles. The number of carbonyl (C=O) groups is 2. The average molecular weight is 451 g/mol. The third-order valence-electron chi connectivity index (χ3n) is 5.28. The topological polar surface area (TPSA) is 72.2 Å². The van der Waals surface area contributed by atoms with Crippen LogP contribution in [-0.4, -0.2) is 48.4 Å². The number of rotatable bonds is 10. The fourth-order valence-corrected chi connectivity index (χ4v) is 3.46. The van der Waals surface area contributed by atoms with Crippen molar-refractivity contribution in [1.82, 2.24) is 9.80 Å². The van der Waals surface area contributed by atoms with Crippen LogP contribution in [0.15, 0.2) is 71.3 Å². The molecule has 0 aliphatic heterocycles. The molecule has 0 aliphatic carbocycles. The summed E-state index contributed by atoms with van der Waals surface area (Å²) in [6.07, 6.45) is 1.58. The molecule has 174 valence electrons. The number of hydrogen-bond acceptors (Lipinski definition) is 5. The smallest absolute Gasteiger partial charge is 0.254 e. The van der Waals surface area contributed by atoms with Crippen molar-refractivity contribution in [3.8, 4) is 11.5 Å². The van der Waals surface area contributed by atoms with Crippen LogP contribution in [0.5, 0.6) is 11.5 Å². The molecular formula is C26H30N2O5. The van der Waals surface area contributed by atoms with Gasteiger partial charge in [-0.3, -0.25) is 9.59 Å². The van der Waals surface area contributed by atoms with E-state index in [-0.39, 0.29) is 24.4 Å². The second kappa shape index (κ2) is 11.2. The van der Waals surface area contributed by atoms with Crippen molar-refractivity contribution in [3.05, 3.63) is 83.8 Å². The summed E-state index contributed by atoms with van der Waals surface area (Å²) in [7, 11) is 3.06. The Bertz CT molecular complexity index is 1030. The maximum absolute atomic E-state index is 13.4. The first-order chi connectivity index (χ1) is 15.9. The van der Waals surface area contributed by atoms with Crippen LogP contribution in [0.4, 0.5) is 0 Å². The second-order valence-electron chi connectivity index (χ2n) is 7.94. The Labute approximate surface area is 194 Å². The maximum Gasteiger partial charge on any atom is 0.254 e. The van der Waals surface area contributed by atoms with Crippen molar-refractivity contribution in [1.29, 1.82) is 0 Å². The summed E-state index contributed by atoms with van der Waals surface area (Å²) in [6.45, 7) is 4.43. The van der Waals surface area contributed by atoms with E-state index in [0.717, 1.165) is 5.56 Å². The lowest BCUT2D eigenvalue weighted by Crippen LogP contribution is -2.45. The van der Waals surface area contributed by atoms with Crippen molar-refractivity contribution in [3.63, 3.8) is 0 Å². The van der Waals surface area contributed by atoms with Gasteiger partial charge >= 0.3 is 0 Å². The van der Waals surface area contributed by atoms with E-state index in [4.69, 9.17) is 13.9 Å². The fourth-order valence-electron chi connectivity index (χ4n) is 3.46. The minimum atomic E-state index is -0.270. The molecule has 2 amide bonds. The summed E-state index contributed by atoms with van der Waals surface area (Å²) in [5, 5.41) is 0. The second-order valence-corrected chi connectivity index (χ2v) is 7.94. The number of hydrogen-bond donors (Lipinski definition) is 0. The number of ether oxygens (including phenoxy) is 2. The highest BCUT2D eigenvalue weighted by Gasteiger charge is 2.26. The van der Waals surface area contributed by atoms with Crippen LogP contribution in [-0.2, 0) is 17.9 Å². The van der Waals surface area contributed by atoms with Crippen LogP contribution < -0.4 is 9.47 Å². The molecule has 0 saturated carbocycles. The fraction of sp³-hybridized carbons (Fsp3) is 0.308. The zero-order valence-electron chi connectivity index (χ0n) is 19.5. The molecule has 0 fully saturated rings. The van der Waals surface area contributed by atoms with E-state index in [1.165, 1.54) is 14.2 Å². The SMILES string of the molecule is COc1cc(OC)cc(C(=O)N(CC(=O)N(Cc2ccccc2)Cc2ccco2)C(C)C)c1. The van der Waals surface area contributed by atoms with Gasteiger partial charge < -0.3 is 23.7 Å². The first-order valence-corrected chi connectivity index (χ1v) is 10.8. The van der Waals surface area contributed by atoms with Gasteiger partial charge in [-0.1, -0.05) is 30.3 Å². The van der Waals surface area contributed by atoms with E-state index in [2.05, 4.69) is 0 Å². The molecule has 0 unspecified atom stereocenters. The van der Waals surface area contributed by atoms with Crippen LogP contribution in [0.3, 0.4) is 0 Å². The zero-order valence-corrected chi connectivity index (χ0v) is 19.5. The Morgan fingerprint density at radius 2 is 1.58 bits per heavy atom. The van der Waals surface area contributed by atoms with E-state index in [0.29, 0.717) is 35.9 Å². The van der Waals surface area contributed by atoms with Crippen LogP contribution in [0.25, 0.3) is 0 Å². The predicted molar refractivity (Wildman–Crippen MR) is 125 cm³/mol. The zero-order chi connectivity index (χ0) is 23.8. The van der Waals surface area contributed by atoms with Gasteiger partial charge in [-0.2, -0.15) is 0 Å². The number of furan rings is 1. The lowest BCUT2D eigenvalue weighted by molar-refractivity contribution is -0.133. The third-order valence-corrected chi connectivity index (χ3v) is 5.28. The van der Waals surface area contributed by atoms with Crippen LogP contribution in [0, 0.1) is 0 Å². The van der Waals surface area contributed by atoms with Gasteiger partial charge in [-0.05, 0) is 43.7 Å². The van der Waals surface area contributed by atoms with Gasteiger partial charge in [0.1, 0.15) is 23.8 Å². The molecule has 1 aromatic heterocycles. The molecular weight excluding hydrogens is 420 g/mol. The Morgan fingerprint density at radius 3 is 2.12 bits per heavy atom. The van der Waals surface area contributed by atoms with Gasteiger partial charge in [0, 0.05) is 24.2 Å². The van der Waals surface area contributed by atoms with Crippen molar-refractivity contribution in [2.24, 2.45) is 0 Å². The molecule has 7 nitrogen and oxygen atoms in total. The molecule has 0 bridgehead atoms. The minimum Gasteiger partial charge on any atom is -0.497 e. The van der Waals surface area contributed by atoms with Gasteiger partial charge in [0.15, 0.2) is 0 Å². The maximum atomic E-state index is 13.4. The van der Waals surface area contributed by atoms with Gasteiger partial charge in [-0.25, -0.2) is 0 Å². The van der Waals surface area contributed by atoms with Crippen molar-refractivity contribution in [2.75, 3.05) is 20.8 Å². The lowest BCUT2D eigenvalue weighted by atomic mass is 10.1. The largest absolute Gasteiger partial charge is 0.497 e. The predicted octanol–water partition coefficient (Wildman–Crippen LogP) is 4.38. The number of benzene rings is 2. The summed E-state index contributed by atoms with van der Waals surface area (Å²) in [6, 6.07) is 18.2. The first-order valence-electron chi connectivity index (χ1n) is 10.8. The normalized spacial score (nSPS) is 10.7. The Hall–Kier alpha value is -3.74. The highest BCUT2D eigenvalue weighted by molar-refractivity contribution is 5.97. The molecule has 0 aliphatic rings. The van der Waals surface area contributed by atoms with Crippen molar-refractivity contribution < 1.29 is 23.5 Å². The Balaban J connectivity index is 1.83. The Morgan fingerprint density at radius 1 is 0.909 bits per heavy atom. The highest BCUT2D eigenvalue weighted by Crippen LogP contribution is 2.24. The summed E-state index contributed by atoms with van der Waals surface area (Å²) in [4.78, 5) is 30.0. The number of nitrogens with zero attached hydrogens (tertiary/aromatic N) is 2. The lowest BCUT2D eigenvalue weighted by Gasteiger charge is -2.30. The molecule has 2 aromatic carbocycles. The van der Waals surface area contributed by atoms with E-state index in [1.807, 2.05) is 50.2 Å². The van der Waals surface area contributed by atoms with Crippen LogP contribution in [0.1, 0.15) is 35.5 Å². The molecule has 3 rings (SSSR count). The summed E-state index contributed by atoms with van der Waals surface area (Å²) in [5.41, 5.74) is 1.39. The van der Waals surface area contributed by atoms with E-state index in [9.17, 15) is 9.59 Å². The summed E-state index contributed by atoms with van der Waals surface area (Å²) in [5.74, 6) is 1.26. The van der Waals surface area contributed by atoms with Gasteiger partial charge in [0.2, 0.25) is 5.91 Å². The molecule has 0 N–H and O–H groups in total. The minimum absolute atomic E-state index is 0.0659. The van der Waals surface area contributed by atoms with Gasteiger partial charge in [-0.15, -0.1) is 0 Å². The molecule has 7 heteroatoms.